The van der Waals surface area contributed by atoms with E-state index in [4.69, 9.17) is 11.6 Å². The zero-order valence-electron chi connectivity index (χ0n) is 12.1. The van der Waals surface area contributed by atoms with Crippen molar-refractivity contribution in [1.82, 2.24) is 5.32 Å². The zero-order chi connectivity index (χ0) is 14.4. The topological polar surface area (TPSA) is 12.0 Å². The molecule has 0 amide bonds. The normalized spacial score (nSPS) is 14.2. The van der Waals surface area contributed by atoms with Crippen LogP contribution in [0, 0.1) is 0 Å². The predicted octanol–water partition coefficient (Wildman–Crippen LogP) is 5.46. The van der Waals surface area contributed by atoms with E-state index in [0.29, 0.717) is 12.1 Å². The molecule has 0 radical (unpaired) electrons. The number of hydrogen-bond donors (Lipinski definition) is 1. The Morgan fingerprint density at radius 3 is 2.55 bits per heavy atom. The van der Waals surface area contributed by atoms with Crippen molar-refractivity contribution in [2.75, 3.05) is 0 Å². The maximum atomic E-state index is 5.97. The summed E-state index contributed by atoms with van der Waals surface area (Å²) in [5, 5.41) is 8.93. The van der Waals surface area contributed by atoms with E-state index < -0.39 is 0 Å². The van der Waals surface area contributed by atoms with Gasteiger partial charge in [0.15, 0.2) is 0 Å². The van der Waals surface area contributed by atoms with Gasteiger partial charge in [0.05, 0.1) is 0 Å². The third kappa shape index (κ3) is 4.62. The molecule has 2 atom stereocenters. The SMILES string of the molecule is CCCC(NC(C)Cc1ccsc1)c1ccc(Cl)cc1. The van der Waals surface area contributed by atoms with Crippen LogP contribution in [0.15, 0.2) is 41.1 Å². The van der Waals surface area contributed by atoms with Crippen molar-refractivity contribution in [2.45, 2.75) is 45.2 Å². The van der Waals surface area contributed by atoms with Gasteiger partial charge in [-0.1, -0.05) is 37.1 Å². The molecular formula is C17H22ClNS. The van der Waals surface area contributed by atoms with E-state index in [-0.39, 0.29) is 0 Å². The van der Waals surface area contributed by atoms with Gasteiger partial charge >= 0.3 is 0 Å². The fourth-order valence-corrected chi connectivity index (χ4v) is 3.30. The van der Waals surface area contributed by atoms with Crippen molar-refractivity contribution in [1.29, 1.82) is 0 Å². The van der Waals surface area contributed by atoms with E-state index in [0.717, 1.165) is 17.9 Å². The van der Waals surface area contributed by atoms with Crippen molar-refractivity contribution >= 4 is 22.9 Å². The highest BCUT2D eigenvalue weighted by atomic mass is 35.5. The summed E-state index contributed by atoms with van der Waals surface area (Å²) in [5.74, 6) is 0. The lowest BCUT2D eigenvalue weighted by molar-refractivity contribution is 0.429. The van der Waals surface area contributed by atoms with Crippen LogP contribution in [0.2, 0.25) is 5.02 Å². The van der Waals surface area contributed by atoms with Gasteiger partial charge in [-0.15, -0.1) is 0 Å². The van der Waals surface area contributed by atoms with E-state index in [1.54, 1.807) is 11.3 Å². The molecule has 0 aliphatic rings. The lowest BCUT2D eigenvalue weighted by atomic mass is 10.0. The first-order chi connectivity index (χ1) is 9.69. The Bertz CT molecular complexity index is 492. The molecule has 0 saturated carbocycles. The summed E-state index contributed by atoms with van der Waals surface area (Å²) in [6, 6.07) is 11.3. The summed E-state index contributed by atoms with van der Waals surface area (Å²) in [6.45, 7) is 4.49. The quantitative estimate of drug-likeness (QED) is 0.716. The molecule has 108 valence electrons. The summed E-state index contributed by atoms with van der Waals surface area (Å²) >= 11 is 7.74. The first kappa shape index (κ1) is 15.6. The van der Waals surface area contributed by atoms with Crippen molar-refractivity contribution in [3.05, 3.63) is 57.2 Å². The fourth-order valence-electron chi connectivity index (χ4n) is 2.49. The average Bonchev–Trinajstić information content (AvgIpc) is 2.92. The summed E-state index contributed by atoms with van der Waals surface area (Å²) in [5.41, 5.74) is 2.75. The molecule has 0 saturated heterocycles. The molecule has 2 rings (SSSR count). The van der Waals surface area contributed by atoms with Crippen LogP contribution in [-0.4, -0.2) is 6.04 Å². The van der Waals surface area contributed by atoms with Gasteiger partial charge in [-0.2, -0.15) is 11.3 Å². The molecule has 1 aromatic carbocycles. The van der Waals surface area contributed by atoms with Gasteiger partial charge in [-0.05, 0) is 59.9 Å². The van der Waals surface area contributed by atoms with Gasteiger partial charge in [0.1, 0.15) is 0 Å². The highest BCUT2D eigenvalue weighted by molar-refractivity contribution is 7.07. The van der Waals surface area contributed by atoms with Crippen molar-refractivity contribution < 1.29 is 0 Å². The predicted molar refractivity (Wildman–Crippen MR) is 89.7 cm³/mol. The number of hydrogen-bond acceptors (Lipinski definition) is 2. The number of thiophene rings is 1. The summed E-state index contributed by atoms with van der Waals surface area (Å²) in [7, 11) is 0. The van der Waals surface area contributed by atoms with Crippen LogP contribution >= 0.6 is 22.9 Å². The number of nitrogens with one attached hydrogen (secondary N) is 1. The lowest BCUT2D eigenvalue weighted by Gasteiger charge is -2.23. The molecular weight excluding hydrogens is 286 g/mol. The molecule has 3 heteroatoms. The van der Waals surface area contributed by atoms with E-state index in [1.165, 1.54) is 17.5 Å². The Hall–Kier alpha value is -0.830. The second kappa shape index (κ2) is 7.82. The van der Waals surface area contributed by atoms with E-state index in [2.05, 4.69) is 48.1 Å². The second-order valence-corrected chi connectivity index (χ2v) is 6.51. The Kier molecular flexibility index (Phi) is 6.08. The lowest BCUT2D eigenvalue weighted by Crippen LogP contribution is -2.32. The molecule has 0 aliphatic carbocycles. The maximum absolute atomic E-state index is 5.97. The van der Waals surface area contributed by atoms with E-state index in [1.807, 2.05) is 12.1 Å². The number of rotatable bonds is 7. The van der Waals surface area contributed by atoms with E-state index in [9.17, 15) is 0 Å². The van der Waals surface area contributed by atoms with Crippen LogP contribution in [0.4, 0.5) is 0 Å². The fraction of sp³-hybridized carbons (Fsp3) is 0.412. The Labute approximate surface area is 131 Å². The molecule has 0 bridgehead atoms. The van der Waals surface area contributed by atoms with Crippen molar-refractivity contribution in [2.24, 2.45) is 0 Å². The van der Waals surface area contributed by atoms with Crippen LogP contribution in [0.1, 0.15) is 43.9 Å². The van der Waals surface area contributed by atoms with Crippen LogP contribution in [0.3, 0.4) is 0 Å². The molecule has 1 N–H and O–H groups in total. The van der Waals surface area contributed by atoms with Crippen molar-refractivity contribution in [3.63, 3.8) is 0 Å². The molecule has 0 spiro atoms. The highest BCUT2D eigenvalue weighted by Gasteiger charge is 2.14. The standard InChI is InChI=1S/C17H22ClNS/c1-3-4-17(15-5-7-16(18)8-6-15)19-13(2)11-14-9-10-20-12-14/h5-10,12-13,17,19H,3-4,11H2,1-2H3. The van der Waals surface area contributed by atoms with Crippen molar-refractivity contribution in [3.8, 4) is 0 Å². The Morgan fingerprint density at radius 1 is 1.20 bits per heavy atom. The third-order valence-electron chi connectivity index (χ3n) is 3.46. The van der Waals surface area contributed by atoms with Gasteiger partial charge < -0.3 is 5.32 Å². The largest absolute Gasteiger partial charge is 0.307 e. The highest BCUT2D eigenvalue weighted by Crippen LogP contribution is 2.22. The average molecular weight is 308 g/mol. The third-order valence-corrected chi connectivity index (χ3v) is 4.44. The molecule has 1 nitrogen and oxygen atoms in total. The Morgan fingerprint density at radius 2 is 1.95 bits per heavy atom. The van der Waals surface area contributed by atoms with Gasteiger partial charge in [0, 0.05) is 17.1 Å². The summed E-state index contributed by atoms with van der Waals surface area (Å²) < 4.78 is 0. The van der Waals surface area contributed by atoms with Crippen LogP contribution in [0.25, 0.3) is 0 Å². The molecule has 0 fully saturated rings. The summed E-state index contributed by atoms with van der Waals surface area (Å²) in [6.07, 6.45) is 3.40. The summed E-state index contributed by atoms with van der Waals surface area (Å²) in [4.78, 5) is 0. The Balaban J connectivity index is 1.99. The first-order valence-electron chi connectivity index (χ1n) is 7.21. The number of halogens is 1. The maximum Gasteiger partial charge on any atom is 0.0406 e. The molecule has 1 aromatic heterocycles. The molecule has 20 heavy (non-hydrogen) atoms. The monoisotopic (exact) mass is 307 g/mol. The molecule has 2 unspecified atom stereocenters. The van der Waals surface area contributed by atoms with Crippen LogP contribution in [-0.2, 0) is 6.42 Å². The minimum atomic E-state index is 0.408. The zero-order valence-corrected chi connectivity index (χ0v) is 13.7. The molecule has 2 aromatic rings. The number of benzene rings is 1. The molecule has 1 heterocycles. The first-order valence-corrected chi connectivity index (χ1v) is 8.53. The van der Waals surface area contributed by atoms with Gasteiger partial charge in [-0.25, -0.2) is 0 Å². The minimum Gasteiger partial charge on any atom is -0.307 e. The van der Waals surface area contributed by atoms with Crippen LogP contribution < -0.4 is 5.32 Å². The minimum absolute atomic E-state index is 0.408. The smallest absolute Gasteiger partial charge is 0.0406 e. The van der Waals surface area contributed by atoms with Gasteiger partial charge in [-0.3, -0.25) is 0 Å². The molecule has 0 aliphatic heterocycles. The van der Waals surface area contributed by atoms with Gasteiger partial charge in [0.25, 0.3) is 0 Å². The van der Waals surface area contributed by atoms with Gasteiger partial charge in [0.2, 0.25) is 0 Å². The van der Waals surface area contributed by atoms with Crippen LogP contribution in [0.5, 0.6) is 0 Å². The van der Waals surface area contributed by atoms with E-state index >= 15 is 0 Å². The second-order valence-electron chi connectivity index (χ2n) is 5.30.